The van der Waals surface area contributed by atoms with E-state index in [1.54, 1.807) is 32.6 Å². The summed E-state index contributed by atoms with van der Waals surface area (Å²) in [7, 11) is 3.19. The summed E-state index contributed by atoms with van der Waals surface area (Å²) in [4.78, 5) is 37.8. The maximum absolute atomic E-state index is 12.4. The maximum atomic E-state index is 12.4. The van der Waals surface area contributed by atoms with Gasteiger partial charge in [-0.05, 0) is 31.6 Å². The predicted octanol–water partition coefficient (Wildman–Crippen LogP) is 2.76. The van der Waals surface area contributed by atoms with Crippen LogP contribution in [0.1, 0.15) is 29.8 Å². The molecular formula is C22H22N6O2. The number of hydrogen-bond donors (Lipinski definition) is 2. The lowest BCUT2D eigenvalue weighted by Gasteiger charge is -2.09. The SMILES string of the molecule is CC(C)NC(=O)c1c[nH]c2ncc(-c3cccc(C=C(C#N)C(=O)N(C)C)c3)nc12. The third-order valence-corrected chi connectivity index (χ3v) is 4.30. The van der Waals surface area contributed by atoms with Crippen LogP contribution in [0, 0.1) is 11.3 Å². The molecule has 2 heterocycles. The first kappa shape index (κ1) is 20.7. The third-order valence-electron chi connectivity index (χ3n) is 4.30. The Balaban J connectivity index is 2.00. The second kappa shape index (κ2) is 8.57. The number of benzene rings is 1. The molecule has 0 fully saturated rings. The average Bonchev–Trinajstić information content (AvgIpc) is 3.14. The standard InChI is InChI=1S/C22H22N6O2/c1-13(2)26-21(29)17-11-24-20-19(17)27-18(12-25-20)15-7-5-6-14(8-15)9-16(10-23)22(30)28(3)4/h5-9,11-13H,1-4H3,(H,24,25)(H,26,29). The van der Waals surface area contributed by atoms with E-state index in [2.05, 4.69) is 20.3 Å². The van der Waals surface area contributed by atoms with Crippen molar-refractivity contribution in [2.24, 2.45) is 0 Å². The van der Waals surface area contributed by atoms with Crippen molar-refractivity contribution in [3.63, 3.8) is 0 Å². The monoisotopic (exact) mass is 402 g/mol. The summed E-state index contributed by atoms with van der Waals surface area (Å²) in [6, 6.07) is 9.22. The Bertz CT molecular complexity index is 1180. The van der Waals surface area contributed by atoms with E-state index in [1.807, 2.05) is 38.1 Å². The molecule has 0 bridgehead atoms. The van der Waals surface area contributed by atoms with E-state index in [0.717, 1.165) is 5.56 Å². The van der Waals surface area contributed by atoms with E-state index in [1.165, 1.54) is 11.0 Å². The van der Waals surface area contributed by atoms with Gasteiger partial charge in [0.15, 0.2) is 5.65 Å². The minimum atomic E-state index is -0.364. The molecule has 0 saturated carbocycles. The van der Waals surface area contributed by atoms with Gasteiger partial charge in [-0.1, -0.05) is 18.2 Å². The van der Waals surface area contributed by atoms with Gasteiger partial charge >= 0.3 is 0 Å². The van der Waals surface area contributed by atoms with Gasteiger partial charge in [-0.15, -0.1) is 0 Å². The second-order valence-corrected chi connectivity index (χ2v) is 7.28. The fourth-order valence-electron chi connectivity index (χ4n) is 2.88. The van der Waals surface area contributed by atoms with Crippen LogP contribution in [-0.4, -0.2) is 51.8 Å². The number of carbonyl (C=O) groups is 2. The summed E-state index contributed by atoms with van der Waals surface area (Å²) in [5.41, 5.74) is 3.48. The van der Waals surface area contributed by atoms with Gasteiger partial charge in [0.05, 0.1) is 17.5 Å². The molecule has 2 N–H and O–H groups in total. The number of hydrogen-bond acceptors (Lipinski definition) is 5. The highest BCUT2D eigenvalue weighted by Gasteiger charge is 2.16. The maximum Gasteiger partial charge on any atom is 0.264 e. The summed E-state index contributed by atoms with van der Waals surface area (Å²) < 4.78 is 0. The Hall–Kier alpha value is -3.99. The zero-order chi connectivity index (χ0) is 21.8. The van der Waals surface area contributed by atoms with Crippen molar-refractivity contribution in [3.8, 4) is 17.3 Å². The van der Waals surface area contributed by atoms with Crippen molar-refractivity contribution in [1.29, 1.82) is 5.26 Å². The van der Waals surface area contributed by atoms with Gasteiger partial charge < -0.3 is 15.2 Å². The number of nitrogens with one attached hydrogen (secondary N) is 2. The Labute approximate surface area is 174 Å². The van der Waals surface area contributed by atoms with Crippen LogP contribution in [0.5, 0.6) is 0 Å². The molecule has 3 aromatic rings. The normalized spacial score (nSPS) is 11.4. The van der Waals surface area contributed by atoms with Crippen molar-refractivity contribution in [2.45, 2.75) is 19.9 Å². The average molecular weight is 402 g/mol. The number of nitriles is 1. The number of aromatic amines is 1. The number of likely N-dealkylation sites (N-methyl/N-ethyl adjacent to an activating group) is 1. The highest BCUT2D eigenvalue weighted by atomic mass is 16.2. The van der Waals surface area contributed by atoms with E-state index < -0.39 is 0 Å². The van der Waals surface area contributed by atoms with Crippen LogP contribution >= 0.6 is 0 Å². The van der Waals surface area contributed by atoms with Gasteiger partial charge in [0.1, 0.15) is 17.2 Å². The number of amides is 2. The van der Waals surface area contributed by atoms with Crippen LogP contribution < -0.4 is 5.32 Å². The molecule has 0 atom stereocenters. The van der Waals surface area contributed by atoms with Crippen LogP contribution in [0.3, 0.4) is 0 Å². The molecule has 0 aliphatic rings. The highest BCUT2D eigenvalue weighted by Crippen LogP contribution is 2.23. The van der Waals surface area contributed by atoms with Crippen LogP contribution in [0.25, 0.3) is 28.5 Å². The second-order valence-electron chi connectivity index (χ2n) is 7.28. The molecule has 152 valence electrons. The minimum Gasteiger partial charge on any atom is -0.350 e. The highest BCUT2D eigenvalue weighted by molar-refractivity contribution is 6.05. The molecule has 0 aliphatic heterocycles. The van der Waals surface area contributed by atoms with Crippen molar-refractivity contribution >= 4 is 29.1 Å². The van der Waals surface area contributed by atoms with Gasteiger partial charge in [0.2, 0.25) is 0 Å². The summed E-state index contributed by atoms with van der Waals surface area (Å²) in [5, 5.41) is 12.2. The van der Waals surface area contributed by atoms with E-state index >= 15 is 0 Å². The molecule has 30 heavy (non-hydrogen) atoms. The van der Waals surface area contributed by atoms with E-state index in [-0.39, 0.29) is 23.4 Å². The summed E-state index contributed by atoms with van der Waals surface area (Å²) in [6.07, 6.45) is 4.74. The fourth-order valence-corrected chi connectivity index (χ4v) is 2.88. The molecule has 0 radical (unpaired) electrons. The zero-order valence-corrected chi connectivity index (χ0v) is 17.2. The molecule has 0 unspecified atom stereocenters. The molecular weight excluding hydrogens is 380 g/mol. The number of carbonyl (C=O) groups excluding carboxylic acids is 2. The third kappa shape index (κ3) is 4.36. The Morgan fingerprint density at radius 1 is 1.30 bits per heavy atom. The van der Waals surface area contributed by atoms with Crippen molar-refractivity contribution in [1.82, 2.24) is 25.2 Å². The predicted molar refractivity (Wildman–Crippen MR) is 114 cm³/mol. The van der Waals surface area contributed by atoms with Crippen LogP contribution in [0.4, 0.5) is 0 Å². The van der Waals surface area contributed by atoms with Gasteiger partial charge in [-0.2, -0.15) is 5.26 Å². The quantitative estimate of drug-likeness (QED) is 0.503. The van der Waals surface area contributed by atoms with Gasteiger partial charge in [0.25, 0.3) is 11.8 Å². The summed E-state index contributed by atoms with van der Waals surface area (Å²) in [5.74, 6) is -0.586. The van der Waals surface area contributed by atoms with Gasteiger partial charge in [-0.25, -0.2) is 9.97 Å². The van der Waals surface area contributed by atoms with E-state index in [4.69, 9.17) is 0 Å². The van der Waals surface area contributed by atoms with E-state index in [0.29, 0.717) is 28.0 Å². The van der Waals surface area contributed by atoms with Crippen molar-refractivity contribution < 1.29 is 9.59 Å². The summed E-state index contributed by atoms with van der Waals surface area (Å²) >= 11 is 0. The summed E-state index contributed by atoms with van der Waals surface area (Å²) in [6.45, 7) is 3.78. The molecule has 0 saturated heterocycles. The molecule has 8 heteroatoms. The first-order valence-corrected chi connectivity index (χ1v) is 9.39. The molecule has 3 rings (SSSR count). The smallest absolute Gasteiger partial charge is 0.264 e. The van der Waals surface area contributed by atoms with Crippen LogP contribution in [0.2, 0.25) is 0 Å². The largest absolute Gasteiger partial charge is 0.350 e. The lowest BCUT2D eigenvalue weighted by molar-refractivity contribution is -0.124. The van der Waals surface area contributed by atoms with E-state index in [9.17, 15) is 14.9 Å². The first-order valence-electron chi connectivity index (χ1n) is 9.39. The van der Waals surface area contributed by atoms with Crippen LogP contribution in [0.15, 0.2) is 42.2 Å². The minimum absolute atomic E-state index is 0.00117. The number of aromatic nitrogens is 3. The lowest BCUT2D eigenvalue weighted by atomic mass is 10.1. The Kier molecular flexibility index (Phi) is 5.93. The number of fused-ring (bicyclic) bond motifs is 1. The van der Waals surface area contributed by atoms with Crippen LogP contribution in [-0.2, 0) is 4.79 Å². The number of nitrogens with zero attached hydrogens (tertiary/aromatic N) is 4. The molecule has 0 spiro atoms. The molecule has 8 nitrogen and oxygen atoms in total. The molecule has 1 aromatic carbocycles. The van der Waals surface area contributed by atoms with Crippen molar-refractivity contribution in [2.75, 3.05) is 14.1 Å². The fraction of sp³-hybridized carbons (Fsp3) is 0.227. The van der Waals surface area contributed by atoms with Crippen molar-refractivity contribution in [3.05, 3.63) is 53.4 Å². The molecule has 0 aliphatic carbocycles. The number of H-pyrrole nitrogens is 1. The lowest BCUT2D eigenvalue weighted by Crippen LogP contribution is -2.29. The molecule has 2 aromatic heterocycles. The topological polar surface area (TPSA) is 115 Å². The number of rotatable bonds is 5. The zero-order valence-electron chi connectivity index (χ0n) is 17.2. The van der Waals surface area contributed by atoms with Gasteiger partial charge in [0, 0.05) is 31.9 Å². The Morgan fingerprint density at radius 2 is 2.07 bits per heavy atom. The van der Waals surface area contributed by atoms with Gasteiger partial charge in [-0.3, -0.25) is 9.59 Å². The first-order chi connectivity index (χ1) is 14.3. The molecule has 2 amide bonds. The Morgan fingerprint density at radius 3 is 2.73 bits per heavy atom.